The van der Waals surface area contributed by atoms with Crippen LogP contribution in [0.3, 0.4) is 0 Å². The first-order valence-electron chi connectivity index (χ1n) is 12.1. The molecule has 0 aliphatic carbocycles. The molecule has 1 aliphatic heterocycles. The number of anilines is 3. The van der Waals surface area contributed by atoms with Gasteiger partial charge in [0.2, 0.25) is 0 Å². The Morgan fingerprint density at radius 3 is 2.08 bits per heavy atom. The van der Waals surface area contributed by atoms with Gasteiger partial charge in [0, 0.05) is 71.0 Å². The highest BCUT2D eigenvalue weighted by molar-refractivity contribution is 9.10. The van der Waals surface area contributed by atoms with E-state index in [9.17, 15) is 9.90 Å². The Morgan fingerprint density at radius 2 is 1.49 bits per heavy atom. The Labute approximate surface area is 230 Å². The minimum Gasteiger partial charge on any atom is -0.478 e. The lowest BCUT2D eigenvalue weighted by molar-refractivity contribution is 0.0697. The highest BCUT2D eigenvalue weighted by atomic mass is 79.9. The van der Waals surface area contributed by atoms with Gasteiger partial charge in [0.15, 0.2) is 0 Å². The number of hydrogen-bond donors (Lipinski definition) is 2. The van der Waals surface area contributed by atoms with Crippen LogP contribution in [0.2, 0.25) is 5.02 Å². The minimum absolute atomic E-state index is 0.310. The van der Waals surface area contributed by atoms with E-state index in [4.69, 9.17) is 17.3 Å². The summed E-state index contributed by atoms with van der Waals surface area (Å²) in [5.41, 5.74) is 13.2. The summed E-state index contributed by atoms with van der Waals surface area (Å²) in [7, 11) is 1.91. The number of nitrogens with zero attached hydrogens (tertiary/aromatic N) is 3. The fourth-order valence-electron chi connectivity index (χ4n) is 5.10. The van der Waals surface area contributed by atoms with Gasteiger partial charge < -0.3 is 25.2 Å². The maximum Gasteiger partial charge on any atom is 0.338 e. The van der Waals surface area contributed by atoms with E-state index < -0.39 is 5.97 Å². The van der Waals surface area contributed by atoms with Crippen molar-refractivity contribution in [3.63, 3.8) is 0 Å². The molecular formula is C29H28BrClN4O2. The highest BCUT2D eigenvalue weighted by Gasteiger charge is 2.27. The fourth-order valence-corrected chi connectivity index (χ4v) is 5.71. The molecule has 6 nitrogen and oxygen atoms in total. The number of piperazine rings is 1. The fraction of sp³-hybridized carbons (Fsp3) is 0.207. The van der Waals surface area contributed by atoms with E-state index >= 15 is 0 Å². The van der Waals surface area contributed by atoms with E-state index in [1.165, 1.54) is 5.69 Å². The van der Waals surface area contributed by atoms with Gasteiger partial charge in [0.05, 0.1) is 11.3 Å². The molecule has 3 aromatic carbocycles. The first kappa shape index (κ1) is 25.2. The van der Waals surface area contributed by atoms with Gasteiger partial charge in [-0.2, -0.15) is 0 Å². The molecule has 1 aliphatic rings. The molecule has 190 valence electrons. The number of aromatic carboxylic acids is 1. The summed E-state index contributed by atoms with van der Waals surface area (Å²) in [6.45, 7) is 5.31. The van der Waals surface area contributed by atoms with E-state index in [1.54, 1.807) is 0 Å². The van der Waals surface area contributed by atoms with E-state index in [1.807, 2.05) is 61.0 Å². The van der Waals surface area contributed by atoms with Crippen LogP contribution in [-0.4, -0.2) is 41.8 Å². The van der Waals surface area contributed by atoms with Crippen molar-refractivity contribution in [2.24, 2.45) is 7.05 Å². The predicted octanol–water partition coefficient (Wildman–Crippen LogP) is 6.69. The minimum atomic E-state index is -0.943. The molecule has 0 spiro atoms. The number of halogens is 2. The molecule has 1 aromatic heterocycles. The van der Waals surface area contributed by atoms with Gasteiger partial charge >= 0.3 is 5.97 Å². The molecule has 0 saturated carbocycles. The molecule has 0 radical (unpaired) electrons. The van der Waals surface area contributed by atoms with Gasteiger partial charge in [-0.15, -0.1) is 0 Å². The maximum atomic E-state index is 12.5. The lowest BCUT2D eigenvalue weighted by Gasteiger charge is -2.37. The monoisotopic (exact) mass is 578 g/mol. The Kier molecular flexibility index (Phi) is 6.92. The van der Waals surface area contributed by atoms with Crippen LogP contribution in [0.1, 0.15) is 16.1 Å². The number of hydrogen-bond acceptors (Lipinski definition) is 4. The summed E-state index contributed by atoms with van der Waals surface area (Å²) in [6.07, 6.45) is 0. The maximum absolute atomic E-state index is 12.5. The van der Waals surface area contributed by atoms with Crippen molar-refractivity contribution < 1.29 is 9.90 Å². The van der Waals surface area contributed by atoms with Crippen molar-refractivity contribution in [2.45, 2.75) is 6.92 Å². The zero-order chi connectivity index (χ0) is 26.3. The zero-order valence-corrected chi connectivity index (χ0v) is 23.1. The Balaban J connectivity index is 1.53. The second-order valence-corrected chi connectivity index (χ2v) is 10.7. The predicted molar refractivity (Wildman–Crippen MR) is 156 cm³/mol. The first-order valence-corrected chi connectivity index (χ1v) is 13.2. The van der Waals surface area contributed by atoms with Crippen LogP contribution in [0.4, 0.5) is 17.1 Å². The number of nitrogens with two attached hydrogens (primary N) is 1. The number of nitrogen functional groups attached to an aromatic ring is 1. The molecular weight excluding hydrogens is 552 g/mol. The summed E-state index contributed by atoms with van der Waals surface area (Å²) in [6, 6.07) is 21.7. The van der Waals surface area contributed by atoms with Crippen molar-refractivity contribution >= 4 is 50.6 Å². The smallest absolute Gasteiger partial charge is 0.338 e. The lowest BCUT2D eigenvalue weighted by atomic mass is 9.96. The third kappa shape index (κ3) is 4.93. The third-order valence-electron chi connectivity index (χ3n) is 7.09. The topological polar surface area (TPSA) is 74.7 Å². The van der Waals surface area contributed by atoms with Crippen molar-refractivity contribution in [1.82, 2.24) is 4.57 Å². The molecule has 4 aromatic rings. The van der Waals surface area contributed by atoms with Gasteiger partial charge in [0.25, 0.3) is 0 Å². The van der Waals surface area contributed by atoms with E-state index in [2.05, 4.69) is 50.0 Å². The quantitative estimate of drug-likeness (QED) is 0.258. The number of aromatic nitrogens is 1. The average molecular weight is 580 g/mol. The van der Waals surface area contributed by atoms with Crippen molar-refractivity contribution in [3.8, 4) is 22.4 Å². The Hall–Kier alpha value is -3.42. The van der Waals surface area contributed by atoms with Crippen molar-refractivity contribution in [3.05, 3.63) is 87.5 Å². The molecule has 1 saturated heterocycles. The second-order valence-electron chi connectivity index (χ2n) is 9.32. The number of benzene rings is 3. The molecule has 8 heteroatoms. The van der Waals surface area contributed by atoms with E-state index in [0.717, 1.165) is 58.8 Å². The molecule has 0 atom stereocenters. The van der Waals surface area contributed by atoms with Crippen LogP contribution in [0.5, 0.6) is 0 Å². The van der Waals surface area contributed by atoms with Crippen LogP contribution in [0, 0.1) is 6.92 Å². The van der Waals surface area contributed by atoms with Gasteiger partial charge in [-0.1, -0.05) is 39.7 Å². The molecule has 3 N–H and O–H groups in total. The summed E-state index contributed by atoms with van der Waals surface area (Å²) in [5.74, 6) is -0.943. The zero-order valence-electron chi connectivity index (χ0n) is 20.7. The van der Waals surface area contributed by atoms with Gasteiger partial charge in [-0.3, -0.25) is 0 Å². The van der Waals surface area contributed by atoms with Gasteiger partial charge in [-0.05, 0) is 72.6 Å². The molecule has 0 bridgehead atoms. The summed E-state index contributed by atoms with van der Waals surface area (Å²) in [4.78, 5) is 17.2. The van der Waals surface area contributed by atoms with Crippen molar-refractivity contribution in [2.75, 3.05) is 41.7 Å². The summed E-state index contributed by atoms with van der Waals surface area (Å²) >= 11 is 9.83. The highest BCUT2D eigenvalue weighted by Crippen LogP contribution is 2.41. The molecule has 5 rings (SSSR count). The molecule has 0 unspecified atom stereocenters. The molecule has 2 heterocycles. The molecule has 0 amide bonds. The number of rotatable bonds is 5. The lowest BCUT2D eigenvalue weighted by Crippen LogP contribution is -2.46. The largest absolute Gasteiger partial charge is 0.478 e. The van der Waals surface area contributed by atoms with E-state index in [-0.39, 0.29) is 0 Å². The Morgan fingerprint density at radius 1 is 0.892 bits per heavy atom. The van der Waals surface area contributed by atoms with Gasteiger partial charge in [-0.25, -0.2) is 4.79 Å². The molecule has 1 fully saturated rings. The number of carboxylic acid groups (broad SMARTS) is 1. The molecule has 37 heavy (non-hydrogen) atoms. The second kappa shape index (κ2) is 10.1. The summed E-state index contributed by atoms with van der Waals surface area (Å²) < 4.78 is 2.86. The van der Waals surface area contributed by atoms with Gasteiger partial charge in [0.1, 0.15) is 0 Å². The third-order valence-corrected chi connectivity index (χ3v) is 7.80. The van der Waals surface area contributed by atoms with Crippen LogP contribution in [-0.2, 0) is 7.05 Å². The van der Waals surface area contributed by atoms with Crippen molar-refractivity contribution in [1.29, 1.82) is 0 Å². The average Bonchev–Trinajstić information content (AvgIpc) is 3.15. The SMILES string of the molecule is Cc1c(C(=O)O)c(-c2cc(Br)cc(N3CCN(c4ccc(N)cc4)CC3)c2)c(-c2ccc(Cl)cc2)n1C. The van der Waals surface area contributed by atoms with Crippen LogP contribution < -0.4 is 15.5 Å². The Bertz CT molecular complexity index is 1460. The van der Waals surface area contributed by atoms with Crippen LogP contribution in [0.15, 0.2) is 71.2 Å². The van der Waals surface area contributed by atoms with E-state index in [0.29, 0.717) is 21.8 Å². The standard InChI is InChI=1S/C29H28BrClN4O2/c1-18-26(29(36)37)27(28(33(18)2)19-3-5-22(31)6-4-19)20-15-21(30)17-25(16-20)35-13-11-34(12-14-35)24-9-7-23(32)8-10-24/h3-10,15-17H,11-14,32H2,1-2H3,(H,36,37). The van der Waals surface area contributed by atoms with Crippen LogP contribution >= 0.6 is 27.5 Å². The number of carbonyl (C=O) groups is 1. The van der Waals surface area contributed by atoms with Crippen LogP contribution in [0.25, 0.3) is 22.4 Å². The number of carboxylic acids is 1. The first-order chi connectivity index (χ1) is 17.7. The summed E-state index contributed by atoms with van der Waals surface area (Å²) in [5, 5.41) is 10.8. The normalized spacial score (nSPS) is 13.7.